The molecule has 5 heteroatoms. The summed E-state index contributed by atoms with van der Waals surface area (Å²) >= 11 is 0. The Balaban J connectivity index is 2.27. The zero-order chi connectivity index (χ0) is 16.7. The van der Waals surface area contributed by atoms with Gasteiger partial charge in [-0.3, -0.25) is 9.59 Å². The van der Waals surface area contributed by atoms with Crippen molar-refractivity contribution in [1.82, 2.24) is 5.32 Å². The zero-order valence-corrected chi connectivity index (χ0v) is 13.4. The number of benzene rings is 1. The molecule has 1 aliphatic heterocycles. The first-order valence-corrected chi connectivity index (χ1v) is 7.16. The third kappa shape index (κ3) is 2.76. The standard InChI is InChI=1S/C17H22N2O3/c1-11(14(20)18-16(2,3)4)10-17(22)12-8-6-7-9-13(12)19(5)15(17)21/h6-9,22H,1,10H2,2-5H3,(H,18,20)/t17-/m0/s1. The summed E-state index contributed by atoms with van der Waals surface area (Å²) in [7, 11) is 1.61. The van der Waals surface area contributed by atoms with Crippen LogP contribution in [0.15, 0.2) is 36.4 Å². The molecule has 22 heavy (non-hydrogen) atoms. The highest BCUT2D eigenvalue weighted by molar-refractivity contribution is 6.07. The molecule has 1 aliphatic rings. The molecule has 0 radical (unpaired) electrons. The molecule has 2 rings (SSSR count). The van der Waals surface area contributed by atoms with Crippen LogP contribution < -0.4 is 10.2 Å². The van der Waals surface area contributed by atoms with Gasteiger partial charge in [-0.15, -0.1) is 0 Å². The molecule has 0 aliphatic carbocycles. The van der Waals surface area contributed by atoms with Gasteiger partial charge in [-0.25, -0.2) is 0 Å². The van der Waals surface area contributed by atoms with Crippen LogP contribution >= 0.6 is 0 Å². The maximum absolute atomic E-state index is 12.4. The third-order valence-electron chi connectivity index (χ3n) is 3.65. The second-order valence-corrected chi connectivity index (χ2v) is 6.73. The van der Waals surface area contributed by atoms with Gasteiger partial charge >= 0.3 is 0 Å². The van der Waals surface area contributed by atoms with Gasteiger partial charge in [0.1, 0.15) is 0 Å². The maximum Gasteiger partial charge on any atom is 0.263 e. The highest BCUT2D eigenvalue weighted by Gasteiger charge is 2.49. The van der Waals surface area contributed by atoms with Crippen molar-refractivity contribution in [3.8, 4) is 0 Å². The largest absolute Gasteiger partial charge is 0.375 e. The van der Waals surface area contributed by atoms with E-state index in [4.69, 9.17) is 0 Å². The number of likely N-dealkylation sites (N-methyl/N-ethyl adjacent to an activating group) is 1. The van der Waals surface area contributed by atoms with Gasteiger partial charge in [-0.2, -0.15) is 0 Å². The summed E-state index contributed by atoms with van der Waals surface area (Å²) in [5.41, 5.74) is -0.809. The second-order valence-electron chi connectivity index (χ2n) is 6.73. The number of nitrogens with one attached hydrogen (secondary N) is 1. The van der Waals surface area contributed by atoms with Crippen molar-refractivity contribution in [3.63, 3.8) is 0 Å². The predicted octanol–water partition coefficient (Wildman–Crippen LogP) is 1.71. The smallest absolute Gasteiger partial charge is 0.263 e. The fraction of sp³-hybridized carbons (Fsp3) is 0.412. The molecule has 2 amide bonds. The van der Waals surface area contributed by atoms with Gasteiger partial charge < -0.3 is 15.3 Å². The van der Waals surface area contributed by atoms with Gasteiger partial charge in [0.05, 0.1) is 5.69 Å². The summed E-state index contributed by atoms with van der Waals surface area (Å²) in [5, 5.41) is 13.7. The van der Waals surface area contributed by atoms with Crippen LogP contribution in [0.2, 0.25) is 0 Å². The van der Waals surface area contributed by atoms with Gasteiger partial charge in [0.15, 0.2) is 5.60 Å². The molecular weight excluding hydrogens is 280 g/mol. The van der Waals surface area contributed by atoms with Crippen LogP contribution in [0.5, 0.6) is 0 Å². The van der Waals surface area contributed by atoms with Crippen LogP contribution in [0, 0.1) is 0 Å². The van der Waals surface area contributed by atoms with E-state index in [1.54, 1.807) is 31.3 Å². The molecule has 118 valence electrons. The molecule has 1 heterocycles. The Morgan fingerprint density at radius 1 is 1.36 bits per heavy atom. The molecule has 0 unspecified atom stereocenters. The summed E-state index contributed by atoms with van der Waals surface area (Å²) < 4.78 is 0. The van der Waals surface area contributed by atoms with E-state index in [1.165, 1.54) is 4.90 Å². The molecule has 1 aromatic carbocycles. The lowest BCUT2D eigenvalue weighted by Gasteiger charge is -2.25. The Kier molecular flexibility index (Phi) is 3.87. The van der Waals surface area contributed by atoms with Crippen molar-refractivity contribution in [2.75, 3.05) is 11.9 Å². The van der Waals surface area contributed by atoms with Gasteiger partial charge in [-0.1, -0.05) is 24.8 Å². The summed E-state index contributed by atoms with van der Waals surface area (Å²) in [6.45, 7) is 9.31. The van der Waals surface area contributed by atoms with Crippen molar-refractivity contribution in [3.05, 3.63) is 42.0 Å². The SMILES string of the molecule is C=C(C[C@@]1(O)C(=O)N(C)c2ccccc21)C(=O)NC(C)(C)C. The molecule has 0 spiro atoms. The number of fused-ring (bicyclic) bond motifs is 1. The molecule has 0 saturated heterocycles. The Bertz CT molecular complexity index is 646. The minimum absolute atomic E-state index is 0.130. The normalized spacial score (nSPS) is 20.8. The highest BCUT2D eigenvalue weighted by Crippen LogP contribution is 2.42. The molecule has 2 N–H and O–H groups in total. The van der Waals surface area contributed by atoms with Crippen molar-refractivity contribution < 1.29 is 14.7 Å². The van der Waals surface area contributed by atoms with Crippen molar-refractivity contribution in [1.29, 1.82) is 0 Å². The first kappa shape index (κ1) is 16.2. The van der Waals surface area contributed by atoms with Gasteiger partial charge in [-0.05, 0) is 26.8 Å². The fourth-order valence-corrected chi connectivity index (χ4v) is 2.61. The lowest BCUT2D eigenvalue weighted by molar-refractivity contribution is -0.136. The summed E-state index contributed by atoms with van der Waals surface area (Å²) in [4.78, 5) is 26.0. The van der Waals surface area contributed by atoms with E-state index in [2.05, 4.69) is 11.9 Å². The van der Waals surface area contributed by atoms with Crippen LogP contribution in [-0.4, -0.2) is 29.5 Å². The van der Waals surface area contributed by atoms with E-state index in [0.717, 1.165) is 0 Å². The lowest BCUT2D eigenvalue weighted by Crippen LogP contribution is -2.44. The number of carbonyl (C=O) groups is 2. The van der Waals surface area contributed by atoms with Crippen molar-refractivity contribution in [2.24, 2.45) is 0 Å². The number of amides is 2. The Morgan fingerprint density at radius 2 is 1.95 bits per heavy atom. The number of hydrogen-bond acceptors (Lipinski definition) is 3. The van der Waals surface area contributed by atoms with E-state index in [0.29, 0.717) is 11.3 Å². The number of rotatable bonds is 3. The van der Waals surface area contributed by atoms with E-state index in [-0.39, 0.29) is 17.9 Å². The number of carbonyl (C=O) groups excluding carboxylic acids is 2. The first-order chi connectivity index (χ1) is 10.1. The molecule has 1 aromatic rings. The summed E-state index contributed by atoms with van der Waals surface area (Å²) in [6, 6.07) is 7.03. The van der Waals surface area contributed by atoms with Crippen LogP contribution in [0.4, 0.5) is 5.69 Å². The average Bonchev–Trinajstić information content (AvgIpc) is 2.60. The van der Waals surface area contributed by atoms with Crippen LogP contribution in [0.1, 0.15) is 32.8 Å². The quantitative estimate of drug-likeness (QED) is 0.835. The molecule has 1 atom stereocenters. The van der Waals surface area contributed by atoms with Gasteiger partial charge in [0.25, 0.3) is 5.91 Å². The second kappa shape index (κ2) is 5.25. The number of nitrogens with zero attached hydrogens (tertiary/aromatic N) is 1. The molecule has 0 saturated carbocycles. The lowest BCUT2D eigenvalue weighted by atomic mass is 9.88. The Morgan fingerprint density at radius 3 is 2.55 bits per heavy atom. The fourth-order valence-electron chi connectivity index (χ4n) is 2.61. The molecule has 0 fully saturated rings. The summed E-state index contributed by atoms with van der Waals surface area (Å²) in [6.07, 6.45) is -0.130. The zero-order valence-electron chi connectivity index (χ0n) is 13.4. The predicted molar refractivity (Wildman–Crippen MR) is 85.4 cm³/mol. The third-order valence-corrected chi connectivity index (χ3v) is 3.65. The number of hydrogen-bond donors (Lipinski definition) is 2. The van der Waals surface area contributed by atoms with Crippen molar-refractivity contribution >= 4 is 17.5 Å². The van der Waals surface area contributed by atoms with Crippen molar-refractivity contribution in [2.45, 2.75) is 38.3 Å². The molecule has 0 bridgehead atoms. The van der Waals surface area contributed by atoms with E-state index in [9.17, 15) is 14.7 Å². The van der Waals surface area contributed by atoms with Crippen LogP contribution in [0.3, 0.4) is 0 Å². The minimum atomic E-state index is -1.74. The average molecular weight is 302 g/mol. The molecule has 5 nitrogen and oxygen atoms in total. The number of anilines is 1. The van der Waals surface area contributed by atoms with Gasteiger partial charge in [0.2, 0.25) is 5.91 Å². The van der Waals surface area contributed by atoms with Crippen LogP contribution in [0.25, 0.3) is 0 Å². The van der Waals surface area contributed by atoms with E-state index < -0.39 is 17.0 Å². The Hall–Kier alpha value is -2.14. The first-order valence-electron chi connectivity index (χ1n) is 7.16. The Labute approximate surface area is 130 Å². The van der Waals surface area contributed by atoms with Crippen LogP contribution in [-0.2, 0) is 15.2 Å². The van der Waals surface area contributed by atoms with E-state index in [1.807, 2.05) is 20.8 Å². The summed E-state index contributed by atoms with van der Waals surface area (Å²) in [5.74, 6) is -0.806. The van der Waals surface area contributed by atoms with Gasteiger partial charge in [0, 0.05) is 30.1 Å². The van der Waals surface area contributed by atoms with E-state index >= 15 is 0 Å². The minimum Gasteiger partial charge on any atom is -0.375 e. The monoisotopic (exact) mass is 302 g/mol. The molecular formula is C17H22N2O3. The number of para-hydroxylation sites is 1. The number of aliphatic hydroxyl groups is 1. The maximum atomic E-state index is 12.4. The topological polar surface area (TPSA) is 69.6 Å². The highest BCUT2D eigenvalue weighted by atomic mass is 16.3. The molecule has 0 aromatic heterocycles.